The van der Waals surface area contributed by atoms with E-state index in [2.05, 4.69) is 15.4 Å². The van der Waals surface area contributed by atoms with E-state index < -0.39 is 27.6 Å². The van der Waals surface area contributed by atoms with Gasteiger partial charge in [0.15, 0.2) is 0 Å². The maximum absolute atomic E-state index is 12.1. The highest BCUT2D eigenvalue weighted by Crippen LogP contribution is 2.12. The number of aryl methyl sites for hydroxylation is 1. The lowest BCUT2D eigenvalue weighted by Gasteiger charge is -2.19. The van der Waals surface area contributed by atoms with Crippen LogP contribution < -0.4 is 15.4 Å². The summed E-state index contributed by atoms with van der Waals surface area (Å²) < 4.78 is 32.1. The fourth-order valence-electron chi connectivity index (χ4n) is 1.77. The number of sulfonamides is 1. The number of hydrogen-bond acceptors (Lipinski definition) is 5. The minimum absolute atomic E-state index is 0.00419. The molecule has 10 heteroatoms. The molecular weight excluding hydrogens is 336 g/mol. The highest BCUT2D eigenvalue weighted by atomic mass is 32.2. The number of amides is 2. The number of nitrogens with zero attached hydrogens (tertiary/aromatic N) is 1. The summed E-state index contributed by atoms with van der Waals surface area (Å²) in [5.41, 5.74) is -0.396. The van der Waals surface area contributed by atoms with Gasteiger partial charge >= 0.3 is 6.09 Å². The summed E-state index contributed by atoms with van der Waals surface area (Å²) in [6, 6.07) is 1.28. The largest absolute Gasteiger partial charge is 0.444 e. The van der Waals surface area contributed by atoms with E-state index >= 15 is 0 Å². The zero-order valence-corrected chi connectivity index (χ0v) is 15.3. The second-order valence-electron chi connectivity index (χ2n) is 6.06. The van der Waals surface area contributed by atoms with Gasteiger partial charge in [0.2, 0.25) is 10.0 Å². The molecule has 0 radical (unpaired) electrons. The number of alkyl carbamates (subject to hydrolysis) is 1. The molecule has 0 unspecified atom stereocenters. The fraction of sp³-hybridized carbons (Fsp3) is 0.571. The summed E-state index contributed by atoms with van der Waals surface area (Å²) in [6.45, 7) is 5.62. The second-order valence-corrected chi connectivity index (χ2v) is 7.95. The average molecular weight is 360 g/mol. The summed E-state index contributed by atoms with van der Waals surface area (Å²) >= 11 is 0. The van der Waals surface area contributed by atoms with Crippen molar-refractivity contribution in [2.24, 2.45) is 7.05 Å². The Bertz CT molecular complexity index is 703. The molecule has 0 aliphatic carbocycles. The third-order valence-electron chi connectivity index (χ3n) is 2.87. The van der Waals surface area contributed by atoms with Gasteiger partial charge in [-0.05, 0) is 33.9 Å². The van der Waals surface area contributed by atoms with Gasteiger partial charge in [-0.15, -0.1) is 0 Å². The Morgan fingerprint density at radius 1 is 1.21 bits per heavy atom. The zero-order chi connectivity index (χ0) is 18.5. The topological polar surface area (TPSA) is 119 Å². The Kier molecular flexibility index (Phi) is 6.38. The van der Waals surface area contributed by atoms with Crippen molar-refractivity contribution in [2.45, 2.75) is 31.3 Å². The Morgan fingerprint density at radius 2 is 1.79 bits per heavy atom. The van der Waals surface area contributed by atoms with E-state index in [1.165, 1.54) is 23.9 Å². The van der Waals surface area contributed by atoms with E-state index in [0.29, 0.717) is 0 Å². The van der Waals surface area contributed by atoms with Crippen molar-refractivity contribution >= 4 is 22.0 Å². The fourth-order valence-corrected chi connectivity index (χ4v) is 2.57. The molecule has 1 rings (SSSR count). The molecule has 2 amide bonds. The molecule has 0 aliphatic heterocycles. The van der Waals surface area contributed by atoms with E-state index in [0.717, 1.165) is 0 Å². The van der Waals surface area contributed by atoms with Crippen molar-refractivity contribution in [2.75, 3.05) is 20.1 Å². The Balaban J connectivity index is 2.54. The molecular formula is C14H24N4O5S. The molecule has 0 bridgehead atoms. The molecule has 24 heavy (non-hydrogen) atoms. The summed E-state index contributed by atoms with van der Waals surface area (Å²) in [5, 5.41) is 5.11. The van der Waals surface area contributed by atoms with Crippen LogP contribution in [0.5, 0.6) is 0 Å². The van der Waals surface area contributed by atoms with Crippen LogP contribution in [-0.2, 0) is 21.8 Å². The van der Waals surface area contributed by atoms with Crippen molar-refractivity contribution in [3.05, 3.63) is 18.0 Å². The lowest BCUT2D eigenvalue weighted by atomic mass is 10.2. The monoisotopic (exact) mass is 360 g/mol. The van der Waals surface area contributed by atoms with E-state index in [-0.39, 0.29) is 23.7 Å². The van der Waals surface area contributed by atoms with Gasteiger partial charge in [0, 0.05) is 26.3 Å². The maximum Gasteiger partial charge on any atom is 0.407 e. The first-order valence-corrected chi connectivity index (χ1v) is 8.79. The highest BCUT2D eigenvalue weighted by Gasteiger charge is 2.19. The van der Waals surface area contributed by atoms with E-state index in [9.17, 15) is 18.0 Å². The first-order valence-electron chi connectivity index (χ1n) is 7.31. The van der Waals surface area contributed by atoms with E-state index in [1.807, 2.05) is 0 Å². The van der Waals surface area contributed by atoms with E-state index in [1.54, 1.807) is 27.8 Å². The number of aromatic nitrogens is 1. The van der Waals surface area contributed by atoms with Crippen LogP contribution in [0.25, 0.3) is 0 Å². The number of carbonyl (C=O) groups excluding carboxylic acids is 2. The number of carbonyl (C=O) groups is 2. The van der Waals surface area contributed by atoms with Crippen molar-refractivity contribution in [1.29, 1.82) is 0 Å². The van der Waals surface area contributed by atoms with E-state index in [4.69, 9.17) is 4.74 Å². The summed E-state index contributed by atoms with van der Waals surface area (Å²) in [5.74, 6) is -0.443. The molecule has 1 aromatic heterocycles. The minimum atomic E-state index is -3.61. The molecule has 9 nitrogen and oxygen atoms in total. The van der Waals surface area contributed by atoms with Crippen LogP contribution in [0.1, 0.15) is 31.3 Å². The first-order chi connectivity index (χ1) is 11.0. The molecule has 0 spiro atoms. The van der Waals surface area contributed by atoms with Crippen LogP contribution >= 0.6 is 0 Å². The average Bonchev–Trinajstić information content (AvgIpc) is 2.84. The van der Waals surface area contributed by atoms with Crippen LogP contribution in [0.3, 0.4) is 0 Å². The number of nitrogens with one attached hydrogen (secondary N) is 3. The molecule has 1 aromatic rings. The van der Waals surface area contributed by atoms with Gasteiger partial charge < -0.3 is 19.9 Å². The van der Waals surface area contributed by atoms with Crippen molar-refractivity contribution in [3.8, 4) is 0 Å². The first kappa shape index (κ1) is 20.0. The molecule has 0 atom stereocenters. The molecule has 0 fully saturated rings. The van der Waals surface area contributed by atoms with Crippen molar-refractivity contribution in [1.82, 2.24) is 19.9 Å². The Labute approximate surface area is 141 Å². The summed E-state index contributed by atoms with van der Waals surface area (Å²) in [4.78, 5) is 23.5. The van der Waals surface area contributed by atoms with Gasteiger partial charge in [-0.1, -0.05) is 0 Å². The molecule has 136 valence electrons. The predicted molar refractivity (Wildman–Crippen MR) is 88.2 cm³/mol. The molecule has 0 saturated heterocycles. The molecule has 1 heterocycles. The highest BCUT2D eigenvalue weighted by molar-refractivity contribution is 7.89. The van der Waals surface area contributed by atoms with Gasteiger partial charge in [-0.3, -0.25) is 4.79 Å². The lowest BCUT2D eigenvalue weighted by molar-refractivity contribution is 0.0526. The SMILES string of the molecule is CNS(=O)(=O)c1cc(C(=O)NCCNC(=O)OC(C)(C)C)n(C)c1. The molecule has 0 aromatic carbocycles. The van der Waals surface area contributed by atoms with Crippen molar-refractivity contribution in [3.63, 3.8) is 0 Å². The third-order valence-corrected chi connectivity index (χ3v) is 4.25. The summed E-state index contributed by atoms with van der Waals surface area (Å²) in [6.07, 6.45) is 0.776. The van der Waals surface area contributed by atoms with Crippen LogP contribution in [0, 0.1) is 0 Å². The minimum Gasteiger partial charge on any atom is -0.444 e. The van der Waals surface area contributed by atoms with Gasteiger partial charge in [0.1, 0.15) is 16.2 Å². The van der Waals surface area contributed by atoms with Crippen LogP contribution in [-0.4, -0.2) is 50.7 Å². The number of hydrogen-bond donors (Lipinski definition) is 3. The maximum atomic E-state index is 12.1. The number of ether oxygens (including phenoxy) is 1. The molecule has 0 aliphatic rings. The second kappa shape index (κ2) is 7.67. The summed E-state index contributed by atoms with van der Waals surface area (Å²) in [7, 11) is -0.744. The predicted octanol–water partition coefficient (Wildman–Crippen LogP) is 0.188. The molecule has 3 N–H and O–H groups in total. The smallest absolute Gasteiger partial charge is 0.407 e. The normalized spacial score (nSPS) is 11.9. The Hall–Kier alpha value is -2.07. The quantitative estimate of drug-likeness (QED) is 0.626. The van der Waals surface area contributed by atoms with Gasteiger partial charge in [-0.25, -0.2) is 17.9 Å². The lowest BCUT2D eigenvalue weighted by Crippen LogP contribution is -2.38. The standard InChI is InChI=1S/C14H24N4O5S/c1-14(2,3)23-13(20)17-7-6-16-12(19)11-8-10(9-18(11)5)24(21,22)15-4/h8-9,15H,6-7H2,1-5H3,(H,16,19)(H,17,20). The van der Waals surface area contributed by atoms with Crippen LogP contribution in [0.4, 0.5) is 4.79 Å². The van der Waals surface area contributed by atoms with Crippen molar-refractivity contribution < 1.29 is 22.7 Å². The number of rotatable bonds is 6. The van der Waals surface area contributed by atoms with Crippen LogP contribution in [0.15, 0.2) is 17.2 Å². The Morgan fingerprint density at radius 3 is 2.33 bits per heavy atom. The third kappa shape index (κ3) is 5.85. The van der Waals surface area contributed by atoms with Crippen LogP contribution in [0.2, 0.25) is 0 Å². The zero-order valence-electron chi connectivity index (χ0n) is 14.5. The van der Waals surface area contributed by atoms with Gasteiger partial charge in [0.05, 0.1) is 0 Å². The van der Waals surface area contributed by atoms with Gasteiger partial charge in [0.25, 0.3) is 5.91 Å². The van der Waals surface area contributed by atoms with Gasteiger partial charge in [-0.2, -0.15) is 0 Å². The molecule has 0 saturated carbocycles.